The second-order valence-electron chi connectivity index (χ2n) is 4.14. The van der Waals surface area contributed by atoms with E-state index in [4.69, 9.17) is 0 Å². The Morgan fingerprint density at radius 3 is 2.85 bits per heavy atom. The van der Waals surface area contributed by atoms with Crippen LogP contribution in [-0.2, 0) is 11.3 Å². The molecule has 20 heavy (non-hydrogen) atoms. The molecular weight excluding hydrogens is 267 g/mol. The third-order valence-electron chi connectivity index (χ3n) is 2.58. The number of hydrogen-bond donors (Lipinski definition) is 1. The minimum Gasteiger partial charge on any atom is -0.358 e. The monoisotopic (exact) mass is 278 g/mol. The number of nitrogens with one attached hydrogen (secondary N) is 1. The molecule has 0 bridgehead atoms. The molecule has 0 unspecified atom stereocenters. The molecule has 1 aromatic carbocycles. The number of nitrogens with zero attached hydrogens (tertiary/aromatic N) is 3. The highest BCUT2D eigenvalue weighted by Gasteiger charge is 2.13. The first kappa shape index (κ1) is 13.7. The van der Waals surface area contributed by atoms with Crippen LogP contribution >= 0.6 is 0 Å². The van der Waals surface area contributed by atoms with E-state index in [-0.39, 0.29) is 18.2 Å². The van der Waals surface area contributed by atoms with E-state index in [0.717, 1.165) is 4.68 Å². The molecule has 0 aliphatic rings. The smallest absolute Gasteiger partial charge is 0.358 e. The number of aryl methyl sites for hydroxylation is 1. The number of nitro groups is 1. The third kappa shape index (κ3) is 3.16. The first-order valence-corrected chi connectivity index (χ1v) is 5.69. The molecule has 0 saturated heterocycles. The summed E-state index contributed by atoms with van der Waals surface area (Å²) in [6.07, 6.45) is 1.34. The molecule has 0 radical (unpaired) electrons. The number of anilines is 1. The van der Waals surface area contributed by atoms with Crippen LogP contribution in [0.1, 0.15) is 5.56 Å². The lowest BCUT2D eigenvalue weighted by atomic mass is 10.2. The van der Waals surface area contributed by atoms with Crippen molar-refractivity contribution < 1.29 is 14.1 Å². The maximum Gasteiger partial charge on any atom is 0.389 e. The normalized spacial score (nSPS) is 10.3. The van der Waals surface area contributed by atoms with E-state index in [1.54, 1.807) is 6.92 Å². The van der Waals surface area contributed by atoms with Gasteiger partial charge < -0.3 is 15.4 Å². The Balaban J connectivity index is 2.03. The average molecular weight is 278 g/mol. The van der Waals surface area contributed by atoms with Gasteiger partial charge in [0.05, 0.1) is 17.4 Å². The highest BCUT2D eigenvalue weighted by Crippen LogP contribution is 2.15. The number of aromatic nitrogens is 2. The molecule has 2 aromatic rings. The molecule has 1 amide bonds. The van der Waals surface area contributed by atoms with Crippen LogP contribution in [0.5, 0.6) is 0 Å². The zero-order chi connectivity index (χ0) is 14.7. The van der Waals surface area contributed by atoms with Crippen LogP contribution in [0.2, 0.25) is 0 Å². The molecule has 8 heteroatoms. The van der Waals surface area contributed by atoms with Crippen molar-refractivity contribution in [1.29, 1.82) is 0 Å². The molecule has 0 spiro atoms. The SMILES string of the molecule is Cc1cc(F)ccc1NC(=O)Cn1ccc([N+](=O)[O-])n1. The fraction of sp³-hybridized carbons (Fsp3) is 0.167. The van der Waals surface area contributed by atoms with E-state index in [1.165, 1.54) is 30.5 Å². The van der Waals surface area contributed by atoms with E-state index in [2.05, 4.69) is 10.4 Å². The molecule has 0 saturated carbocycles. The summed E-state index contributed by atoms with van der Waals surface area (Å²) in [5.41, 5.74) is 1.07. The molecule has 104 valence electrons. The minimum absolute atomic E-state index is 0.162. The quantitative estimate of drug-likeness (QED) is 0.683. The van der Waals surface area contributed by atoms with E-state index in [1.807, 2.05) is 0 Å². The van der Waals surface area contributed by atoms with Gasteiger partial charge in [0, 0.05) is 5.69 Å². The Labute approximate surface area is 113 Å². The van der Waals surface area contributed by atoms with E-state index >= 15 is 0 Å². The maximum atomic E-state index is 12.9. The zero-order valence-electron chi connectivity index (χ0n) is 10.5. The topological polar surface area (TPSA) is 90.1 Å². The lowest BCUT2D eigenvalue weighted by molar-refractivity contribution is -0.389. The van der Waals surface area contributed by atoms with Crippen molar-refractivity contribution in [3.05, 3.63) is 52.0 Å². The lowest BCUT2D eigenvalue weighted by Crippen LogP contribution is -2.19. The summed E-state index contributed by atoms with van der Waals surface area (Å²) >= 11 is 0. The predicted molar refractivity (Wildman–Crippen MR) is 68.6 cm³/mol. The van der Waals surface area contributed by atoms with Gasteiger partial charge in [0.1, 0.15) is 12.4 Å². The standard InChI is InChI=1S/C12H11FN4O3/c1-8-6-9(13)2-3-10(8)14-12(18)7-16-5-4-11(15-16)17(19)20/h2-6H,7H2,1H3,(H,14,18). The first-order chi connectivity index (χ1) is 9.45. The van der Waals surface area contributed by atoms with Crippen molar-refractivity contribution in [2.45, 2.75) is 13.5 Å². The largest absolute Gasteiger partial charge is 0.389 e. The van der Waals surface area contributed by atoms with Gasteiger partial charge in [-0.15, -0.1) is 0 Å². The predicted octanol–water partition coefficient (Wildman–Crippen LogP) is 1.88. The fourth-order valence-electron chi connectivity index (χ4n) is 1.64. The maximum absolute atomic E-state index is 12.9. The van der Waals surface area contributed by atoms with Gasteiger partial charge >= 0.3 is 5.82 Å². The first-order valence-electron chi connectivity index (χ1n) is 5.69. The Morgan fingerprint density at radius 2 is 2.25 bits per heavy atom. The van der Waals surface area contributed by atoms with Crippen molar-refractivity contribution in [3.63, 3.8) is 0 Å². The van der Waals surface area contributed by atoms with Crippen LogP contribution in [0.3, 0.4) is 0 Å². The number of amides is 1. The Hall–Kier alpha value is -2.77. The average Bonchev–Trinajstić information content (AvgIpc) is 2.81. The van der Waals surface area contributed by atoms with Gasteiger partial charge in [-0.1, -0.05) is 0 Å². The van der Waals surface area contributed by atoms with Crippen LogP contribution in [0.25, 0.3) is 0 Å². The van der Waals surface area contributed by atoms with Crippen molar-refractivity contribution in [2.75, 3.05) is 5.32 Å². The minimum atomic E-state index is -0.640. The molecule has 1 N–H and O–H groups in total. The highest BCUT2D eigenvalue weighted by molar-refractivity contribution is 5.91. The molecular formula is C12H11FN4O3. The molecule has 0 fully saturated rings. The summed E-state index contributed by atoms with van der Waals surface area (Å²) in [7, 11) is 0. The van der Waals surface area contributed by atoms with Crippen molar-refractivity contribution in [2.24, 2.45) is 0 Å². The molecule has 7 nitrogen and oxygen atoms in total. The van der Waals surface area contributed by atoms with E-state index in [9.17, 15) is 19.3 Å². The Bertz CT molecular complexity index is 668. The lowest BCUT2D eigenvalue weighted by Gasteiger charge is -2.07. The van der Waals surface area contributed by atoms with Gasteiger partial charge in [-0.05, 0) is 35.6 Å². The number of halogens is 1. The summed E-state index contributed by atoms with van der Waals surface area (Å²) in [6.45, 7) is 1.50. The summed E-state index contributed by atoms with van der Waals surface area (Å²) in [5, 5.41) is 16.7. The van der Waals surface area contributed by atoms with Crippen LogP contribution in [0.15, 0.2) is 30.5 Å². The Kier molecular flexibility index (Phi) is 3.74. The van der Waals surface area contributed by atoms with Crippen molar-refractivity contribution >= 4 is 17.4 Å². The van der Waals surface area contributed by atoms with Crippen LogP contribution in [0, 0.1) is 22.9 Å². The summed E-state index contributed by atoms with van der Waals surface area (Å²) in [6, 6.07) is 5.19. The number of rotatable bonds is 4. The van der Waals surface area contributed by atoms with E-state index in [0.29, 0.717) is 11.3 Å². The molecule has 1 heterocycles. The fourth-order valence-corrected chi connectivity index (χ4v) is 1.64. The summed E-state index contributed by atoms with van der Waals surface area (Å²) in [4.78, 5) is 21.6. The number of carbonyl (C=O) groups is 1. The number of carbonyl (C=O) groups excluding carboxylic acids is 1. The third-order valence-corrected chi connectivity index (χ3v) is 2.58. The van der Waals surface area contributed by atoms with E-state index < -0.39 is 10.8 Å². The molecule has 1 aromatic heterocycles. The zero-order valence-corrected chi connectivity index (χ0v) is 10.5. The van der Waals surface area contributed by atoms with Gasteiger partial charge in [0.2, 0.25) is 5.91 Å². The number of benzene rings is 1. The van der Waals surface area contributed by atoms with Crippen molar-refractivity contribution in [1.82, 2.24) is 9.78 Å². The molecule has 0 atom stereocenters. The second kappa shape index (κ2) is 5.47. The Morgan fingerprint density at radius 1 is 1.50 bits per heavy atom. The molecule has 0 aliphatic heterocycles. The van der Waals surface area contributed by atoms with Gasteiger partial charge in [0.15, 0.2) is 0 Å². The second-order valence-corrected chi connectivity index (χ2v) is 4.14. The van der Waals surface area contributed by atoms with Gasteiger partial charge in [0.25, 0.3) is 0 Å². The van der Waals surface area contributed by atoms with Gasteiger partial charge in [-0.25, -0.2) is 4.39 Å². The van der Waals surface area contributed by atoms with Crippen molar-refractivity contribution in [3.8, 4) is 0 Å². The van der Waals surface area contributed by atoms with Crippen LogP contribution < -0.4 is 5.32 Å². The number of hydrogen-bond acceptors (Lipinski definition) is 4. The molecule has 2 rings (SSSR count). The van der Waals surface area contributed by atoms with Crippen LogP contribution in [0.4, 0.5) is 15.9 Å². The molecule has 0 aliphatic carbocycles. The summed E-state index contributed by atoms with van der Waals surface area (Å²) < 4.78 is 14.1. The van der Waals surface area contributed by atoms with Crippen LogP contribution in [-0.4, -0.2) is 20.6 Å². The van der Waals surface area contributed by atoms with Gasteiger partial charge in [-0.3, -0.25) is 4.79 Å². The highest BCUT2D eigenvalue weighted by atomic mass is 19.1. The van der Waals surface area contributed by atoms with Gasteiger partial charge in [-0.2, -0.15) is 4.68 Å². The summed E-state index contributed by atoms with van der Waals surface area (Å²) in [5.74, 6) is -1.11.